The molecule has 0 saturated heterocycles. The van der Waals surface area contributed by atoms with Gasteiger partial charge in [0, 0.05) is 5.69 Å². The summed E-state index contributed by atoms with van der Waals surface area (Å²) in [5, 5.41) is 6.28. The molecule has 2 N–H and O–H groups in total. The summed E-state index contributed by atoms with van der Waals surface area (Å²) in [7, 11) is 1.56. The van der Waals surface area contributed by atoms with E-state index in [9.17, 15) is 14.0 Å². The molecule has 0 aromatic heterocycles. The zero-order valence-electron chi connectivity index (χ0n) is 13.3. The second-order valence-electron chi connectivity index (χ2n) is 4.92. The Labute approximate surface area is 152 Å². The van der Waals surface area contributed by atoms with Crippen LogP contribution in [0.1, 0.15) is 12.0 Å². The number of carbonyl (C=O) groups excluding carboxylic acids is 2. The molecule has 0 spiro atoms. The van der Waals surface area contributed by atoms with Crippen molar-refractivity contribution in [2.75, 3.05) is 12.4 Å². The quantitative estimate of drug-likeness (QED) is 0.438. The van der Waals surface area contributed by atoms with Crippen LogP contribution in [-0.2, 0) is 9.59 Å². The highest BCUT2D eigenvalue weighted by molar-refractivity contribution is 9.10. The van der Waals surface area contributed by atoms with Gasteiger partial charge in [0.2, 0.25) is 11.8 Å². The average Bonchev–Trinajstić information content (AvgIpc) is 2.57. The van der Waals surface area contributed by atoms with E-state index in [-0.39, 0.29) is 0 Å². The van der Waals surface area contributed by atoms with E-state index in [1.165, 1.54) is 30.5 Å². The van der Waals surface area contributed by atoms with E-state index in [4.69, 9.17) is 4.74 Å². The maximum absolute atomic E-state index is 12.8. The maximum Gasteiger partial charge on any atom is 0.249 e. The van der Waals surface area contributed by atoms with Crippen molar-refractivity contribution in [3.05, 3.63) is 58.3 Å². The number of ether oxygens (including phenoxy) is 1. The predicted molar refractivity (Wildman–Crippen MR) is 96.1 cm³/mol. The van der Waals surface area contributed by atoms with Gasteiger partial charge in [-0.05, 0) is 64.0 Å². The molecule has 0 aliphatic rings. The lowest BCUT2D eigenvalue weighted by Gasteiger charge is -2.04. The van der Waals surface area contributed by atoms with Crippen LogP contribution >= 0.6 is 15.9 Å². The number of nitrogens with one attached hydrogen (secondary N) is 2. The molecule has 0 heterocycles. The zero-order chi connectivity index (χ0) is 18.2. The molecule has 130 valence electrons. The fourth-order valence-electron chi connectivity index (χ4n) is 1.87. The zero-order valence-corrected chi connectivity index (χ0v) is 14.8. The van der Waals surface area contributed by atoms with Crippen LogP contribution in [0.25, 0.3) is 0 Å². The second-order valence-corrected chi connectivity index (χ2v) is 5.77. The van der Waals surface area contributed by atoms with Crippen LogP contribution in [0.4, 0.5) is 10.1 Å². The Bertz CT molecular complexity index is 794. The number of halogens is 2. The summed E-state index contributed by atoms with van der Waals surface area (Å²) < 4.78 is 18.6. The Morgan fingerprint density at radius 2 is 1.92 bits per heavy atom. The number of carbonyl (C=O) groups is 2. The summed E-state index contributed by atoms with van der Waals surface area (Å²) in [6.07, 6.45) is 1.04. The number of amides is 2. The van der Waals surface area contributed by atoms with Crippen LogP contribution in [0.3, 0.4) is 0 Å². The number of anilines is 1. The number of hydrogen-bond acceptors (Lipinski definition) is 4. The molecule has 0 fully saturated rings. The first kappa shape index (κ1) is 18.6. The molecule has 0 atom stereocenters. The Balaban J connectivity index is 1.82. The van der Waals surface area contributed by atoms with E-state index >= 15 is 0 Å². The van der Waals surface area contributed by atoms with Crippen LogP contribution < -0.4 is 15.5 Å². The van der Waals surface area contributed by atoms with Gasteiger partial charge in [-0.25, -0.2) is 9.82 Å². The van der Waals surface area contributed by atoms with Gasteiger partial charge in [-0.1, -0.05) is 0 Å². The summed E-state index contributed by atoms with van der Waals surface area (Å²) >= 11 is 3.35. The van der Waals surface area contributed by atoms with E-state index in [0.29, 0.717) is 11.4 Å². The molecule has 0 unspecified atom stereocenters. The summed E-state index contributed by atoms with van der Waals surface area (Å²) in [6, 6.07) is 10.5. The summed E-state index contributed by atoms with van der Waals surface area (Å²) in [6.45, 7) is 0. The minimum atomic E-state index is -0.566. The molecule has 2 aromatic rings. The number of rotatable bonds is 6. The second kappa shape index (κ2) is 8.93. The van der Waals surface area contributed by atoms with Crippen molar-refractivity contribution in [2.45, 2.75) is 6.42 Å². The third-order valence-electron chi connectivity index (χ3n) is 3.03. The highest BCUT2D eigenvalue weighted by Gasteiger charge is 2.09. The number of nitrogens with zero attached hydrogens (tertiary/aromatic N) is 1. The van der Waals surface area contributed by atoms with E-state index in [1.807, 2.05) is 0 Å². The van der Waals surface area contributed by atoms with Crippen LogP contribution in [0.2, 0.25) is 0 Å². The Morgan fingerprint density at radius 3 is 2.56 bits per heavy atom. The van der Waals surface area contributed by atoms with Crippen LogP contribution in [0.5, 0.6) is 5.75 Å². The van der Waals surface area contributed by atoms with Crippen molar-refractivity contribution in [1.82, 2.24) is 5.43 Å². The van der Waals surface area contributed by atoms with Gasteiger partial charge in [0.05, 0.1) is 17.8 Å². The van der Waals surface area contributed by atoms with Crippen molar-refractivity contribution in [1.29, 1.82) is 0 Å². The highest BCUT2D eigenvalue weighted by atomic mass is 79.9. The largest absolute Gasteiger partial charge is 0.496 e. The van der Waals surface area contributed by atoms with Gasteiger partial charge in [0.1, 0.15) is 18.0 Å². The number of methoxy groups -OCH3 is 1. The summed E-state index contributed by atoms with van der Waals surface area (Å²) in [4.78, 5) is 23.4. The molecular weight excluding hydrogens is 393 g/mol. The first-order chi connectivity index (χ1) is 12.0. The first-order valence-electron chi connectivity index (χ1n) is 7.19. The number of benzene rings is 2. The van der Waals surface area contributed by atoms with E-state index in [2.05, 4.69) is 31.8 Å². The summed E-state index contributed by atoms with van der Waals surface area (Å²) in [5.41, 5.74) is 3.42. The van der Waals surface area contributed by atoms with Crippen LogP contribution in [0.15, 0.2) is 52.0 Å². The minimum absolute atomic E-state index is 0.402. The van der Waals surface area contributed by atoms with Crippen molar-refractivity contribution in [2.24, 2.45) is 5.10 Å². The average molecular weight is 408 g/mol. The molecule has 25 heavy (non-hydrogen) atoms. The Kier molecular flexibility index (Phi) is 6.64. The number of hydrazone groups is 1. The van der Waals surface area contributed by atoms with Gasteiger partial charge in [-0.2, -0.15) is 5.10 Å². The number of hydrogen-bond donors (Lipinski definition) is 2. The van der Waals surface area contributed by atoms with Crippen molar-refractivity contribution in [3.63, 3.8) is 0 Å². The van der Waals surface area contributed by atoms with Crippen molar-refractivity contribution < 1.29 is 18.7 Å². The maximum atomic E-state index is 12.8. The lowest BCUT2D eigenvalue weighted by atomic mass is 10.2. The SMILES string of the molecule is COc1ccc(C=NNC(=O)CC(=O)Nc2ccc(F)cc2)cc1Br. The van der Waals surface area contributed by atoms with Crippen molar-refractivity contribution >= 4 is 39.6 Å². The molecular formula is C17H15BrFN3O3. The third-order valence-corrected chi connectivity index (χ3v) is 3.65. The summed E-state index contributed by atoms with van der Waals surface area (Å²) in [5.74, 6) is -0.816. The molecule has 0 bridgehead atoms. The van der Waals surface area contributed by atoms with Gasteiger partial charge < -0.3 is 10.1 Å². The van der Waals surface area contributed by atoms with Gasteiger partial charge in [0.25, 0.3) is 0 Å². The smallest absolute Gasteiger partial charge is 0.249 e. The van der Waals surface area contributed by atoms with E-state index < -0.39 is 24.1 Å². The first-order valence-corrected chi connectivity index (χ1v) is 7.98. The topological polar surface area (TPSA) is 79.8 Å². The van der Waals surface area contributed by atoms with Gasteiger partial charge in [0.15, 0.2) is 0 Å². The van der Waals surface area contributed by atoms with Gasteiger partial charge in [-0.15, -0.1) is 0 Å². The van der Waals surface area contributed by atoms with Crippen LogP contribution in [-0.4, -0.2) is 25.1 Å². The van der Waals surface area contributed by atoms with E-state index in [1.54, 1.807) is 25.3 Å². The molecule has 0 aliphatic carbocycles. The van der Waals surface area contributed by atoms with Crippen LogP contribution in [0, 0.1) is 5.82 Å². The third kappa shape index (κ3) is 6.00. The van der Waals surface area contributed by atoms with Gasteiger partial charge >= 0.3 is 0 Å². The molecule has 0 radical (unpaired) electrons. The molecule has 0 aliphatic heterocycles. The molecule has 2 amide bonds. The van der Waals surface area contributed by atoms with Gasteiger partial charge in [-0.3, -0.25) is 9.59 Å². The molecule has 2 aromatic carbocycles. The van der Waals surface area contributed by atoms with E-state index in [0.717, 1.165) is 10.0 Å². The standard InChI is InChI=1S/C17H15BrFN3O3/c1-25-15-7-2-11(8-14(15)18)10-20-22-17(24)9-16(23)21-13-5-3-12(19)4-6-13/h2-8,10H,9H2,1H3,(H,21,23)(H,22,24). The minimum Gasteiger partial charge on any atom is -0.496 e. The van der Waals surface area contributed by atoms with Crippen molar-refractivity contribution in [3.8, 4) is 5.75 Å². The Hall–Kier alpha value is -2.74. The fraction of sp³-hybridized carbons (Fsp3) is 0.118. The predicted octanol–water partition coefficient (Wildman–Crippen LogP) is 3.08. The highest BCUT2D eigenvalue weighted by Crippen LogP contribution is 2.24. The Morgan fingerprint density at radius 1 is 1.20 bits per heavy atom. The molecule has 8 heteroatoms. The molecule has 0 saturated carbocycles. The monoisotopic (exact) mass is 407 g/mol. The normalized spacial score (nSPS) is 10.5. The lowest BCUT2D eigenvalue weighted by molar-refractivity contribution is -0.126. The molecule has 2 rings (SSSR count). The fourth-order valence-corrected chi connectivity index (χ4v) is 2.42. The molecule has 6 nitrogen and oxygen atoms in total. The lowest BCUT2D eigenvalue weighted by Crippen LogP contribution is -2.24.